The molecule has 0 amide bonds. The molecule has 0 unspecified atom stereocenters. The standard InChI is InChI=1S/C12H15FN4/c1-17-9-15-16-12(17)8-14-7-6-10-4-2-3-5-11(10)13/h2-5,9,14H,6-8H2,1H3. The Morgan fingerprint density at radius 2 is 2.18 bits per heavy atom. The Balaban J connectivity index is 1.77. The first-order valence-electron chi connectivity index (χ1n) is 5.54. The van der Waals surface area contributed by atoms with Gasteiger partial charge in [-0.1, -0.05) is 18.2 Å². The SMILES string of the molecule is Cn1cnnc1CNCCc1ccccc1F. The fraction of sp³-hybridized carbons (Fsp3) is 0.333. The Labute approximate surface area is 99.5 Å². The molecule has 1 N–H and O–H groups in total. The molecule has 0 radical (unpaired) electrons. The van der Waals surface area contributed by atoms with Gasteiger partial charge in [0.1, 0.15) is 18.0 Å². The predicted molar refractivity (Wildman–Crippen MR) is 62.8 cm³/mol. The Kier molecular flexibility index (Phi) is 3.82. The molecule has 0 aliphatic carbocycles. The van der Waals surface area contributed by atoms with E-state index in [1.807, 2.05) is 17.7 Å². The number of nitrogens with one attached hydrogen (secondary N) is 1. The van der Waals surface area contributed by atoms with Gasteiger partial charge in [0.2, 0.25) is 0 Å². The molecule has 0 bridgehead atoms. The molecule has 0 aliphatic heterocycles. The number of aromatic nitrogens is 3. The number of hydrogen-bond donors (Lipinski definition) is 1. The van der Waals surface area contributed by atoms with Crippen LogP contribution in [0.15, 0.2) is 30.6 Å². The number of aryl methyl sites for hydroxylation is 1. The van der Waals surface area contributed by atoms with Crippen molar-refractivity contribution in [2.75, 3.05) is 6.54 Å². The van der Waals surface area contributed by atoms with E-state index >= 15 is 0 Å². The number of nitrogens with zero attached hydrogens (tertiary/aromatic N) is 3. The van der Waals surface area contributed by atoms with Crippen LogP contribution < -0.4 is 5.32 Å². The average Bonchev–Trinajstić information content (AvgIpc) is 2.73. The third-order valence-corrected chi connectivity index (χ3v) is 2.62. The van der Waals surface area contributed by atoms with Gasteiger partial charge in [0, 0.05) is 7.05 Å². The first kappa shape index (κ1) is 11.7. The molecule has 1 heterocycles. The van der Waals surface area contributed by atoms with Gasteiger partial charge < -0.3 is 9.88 Å². The zero-order chi connectivity index (χ0) is 12.1. The second kappa shape index (κ2) is 5.54. The number of halogens is 1. The van der Waals surface area contributed by atoms with E-state index in [-0.39, 0.29) is 5.82 Å². The van der Waals surface area contributed by atoms with Gasteiger partial charge >= 0.3 is 0 Å². The maximum atomic E-state index is 13.3. The van der Waals surface area contributed by atoms with Gasteiger partial charge in [-0.25, -0.2) is 4.39 Å². The zero-order valence-electron chi connectivity index (χ0n) is 9.73. The molecule has 1 aromatic heterocycles. The Bertz CT molecular complexity index is 481. The van der Waals surface area contributed by atoms with E-state index in [9.17, 15) is 4.39 Å². The number of benzene rings is 1. The quantitative estimate of drug-likeness (QED) is 0.793. The van der Waals surface area contributed by atoms with E-state index < -0.39 is 0 Å². The lowest BCUT2D eigenvalue weighted by atomic mass is 10.1. The molecule has 0 saturated carbocycles. The second-order valence-corrected chi connectivity index (χ2v) is 3.88. The smallest absolute Gasteiger partial charge is 0.146 e. The van der Waals surface area contributed by atoms with E-state index in [4.69, 9.17) is 0 Å². The molecule has 90 valence electrons. The van der Waals surface area contributed by atoms with Crippen molar-refractivity contribution in [1.29, 1.82) is 0 Å². The predicted octanol–water partition coefficient (Wildman–Crippen LogP) is 1.29. The van der Waals surface area contributed by atoms with Gasteiger partial charge in [-0.15, -0.1) is 10.2 Å². The Morgan fingerprint density at radius 3 is 2.88 bits per heavy atom. The summed E-state index contributed by atoms with van der Waals surface area (Å²) < 4.78 is 15.2. The molecule has 2 rings (SSSR count). The van der Waals surface area contributed by atoms with Crippen molar-refractivity contribution in [3.05, 3.63) is 47.8 Å². The van der Waals surface area contributed by atoms with Crippen molar-refractivity contribution in [2.45, 2.75) is 13.0 Å². The summed E-state index contributed by atoms with van der Waals surface area (Å²) in [5.41, 5.74) is 0.734. The van der Waals surface area contributed by atoms with Crippen molar-refractivity contribution >= 4 is 0 Å². The highest BCUT2D eigenvalue weighted by Crippen LogP contribution is 2.06. The summed E-state index contributed by atoms with van der Waals surface area (Å²) in [5.74, 6) is 0.728. The summed E-state index contributed by atoms with van der Waals surface area (Å²) in [4.78, 5) is 0. The van der Waals surface area contributed by atoms with Crippen molar-refractivity contribution < 1.29 is 4.39 Å². The summed E-state index contributed by atoms with van der Waals surface area (Å²) in [5, 5.41) is 11.0. The monoisotopic (exact) mass is 234 g/mol. The summed E-state index contributed by atoms with van der Waals surface area (Å²) in [6.07, 6.45) is 2.33. The first-order chi connectivity index (χ1) is 8.27. The molecule has 4 nitrogen and oxygen atoms in total. The highest BCUT2D eigenvalue weighted by molar-refractivity contribution is 5.17. The maximum absolute atomic E-state index is 13.3. The lowest BCUT2D eigenvalue weighted by Gasteiger charge is -2.05. The van der Waals surface area contributed by atoms with E-state index in [1.165, 1.54) is 6.07 Å². The molecule has 1 aromatic carbocycles. The highest BCUT2D eigenvalue weighted by Gasteiger charge is 2.01. The van der Waals surface area contributed by atoms with Crippen molar-refractivity contribution in [1.82, 2.24) is 20.1 Å². The van der Waals surface area contributed by atoms with Gasteiger partial charge in [-0.3, -0.25) is 0 Å². The van der Waals surface area contributed by atoms with Gasteiger partial charge in [-0.2, -0.15) is 0 Å². The summed E-state index contributed by atoms with van der Waals surface area (Å²) >= 11 is 0. The molecule has 0 spiro atoms. The summed E-state index contributed by atoms with van der Waals surface area (Å²) in [6, 6.07) is 6.84. The maximum Gasteiger partial charge on any atom is 0.146 e. The third kappa shape index (κ3) is 3.10. The van der Waals surface area contributed by atoms with Crippen LogP contribution in [-0.2, 0) is 20.0 Å². The molecular weight excluding hydrogens is 219 g/mol. The van der Waals surface area contributed by atoms with Crippen molar-refractivity contribution in [3.8, 4) is 0 Å². The summed E-state index contributed by atoms with van der Waals surface area (Å²) in [7, 11) is 1.90. The van der Waals surface area contributed by atoms with Crippen LogP contribution >= 0.6 is 0 Å². The minimum Gasteiger partial charge on any atom is -0.320 e. The molecular formula is C12H15FN4. The van der Waals surface area contributed by atoms with Crippen LogP contribution in [0.5, 0.6) is 0 Å². The fourth-order valence-corrected chi connectivity index (χ4v) is 1.59. The average molecular weight is 234 g/mol. The van der Waals surface area contributed by atoms with E-state index in [0.29, 0.717) is 19.5 Å². The van der Waals surface area contributed by atoms with Crippen LogP contribution in [0.3, 0.4) is 0 Å². The van der Waals surface area contributed by atoms with Crippen LogP contribution in [0.1, 0.15) is 11.4 Å². The van der Waals surface area contributed by atoms with Crippen LogP contribution in [0.25, 0.3) is 0 Å². The van der Waals surface area contributed by atoms with Gasteiger partial charge in [-0.05, 0) is 24.6 Å². The van der Waals surface area contributed by atoms with E-state index in [1.54, 1.807) is 18.5 Å². The Hall–Kier alpha value is -1.75. The van der Waals surface area contributed by atoms with Crippen LogP contribution in [-0.4, -0.2) is 21.3 Å². The van der Waals surface area contributed by atoms with E-state index in [0.717, 1.165) is 11.4 Å². The highest BCUT2D eigenvalue weighted by atomic mass is 19.1. The van der Waals surface area contributed by atoms with Crippen molar-refractivity contribution in [2.24, 2.45) is 7.05 Å². The molecule has 0 saturated heterocycles. The Morgan fingerprint density at radius 1 is 1.35 bits per heavy atom. The van der Waals surface area contributed by atoms with Gasteiger partial charge in [0.15, 0.2) is 0 Å². The molecule has 0 aliphatic rings. The van der Waals surface area contributed by atoms with Gasteiger partial charge in [0.25, 0.3) is 0 Å². The van der Waals surface area contributed by atoms with Gasteiger partial charge in [0.05, 0.1) is 6.54 Å². The topological polar surface area (TPSA) is 42.7 Å². The van der Waals surface area contributed by atoms with Crippen LogP contribution in [0, 0.1) is 5.82 Å². The molecule has 5 heteroatoms. The number of hydrogen-bond acceptors (Lipinski definition) is 3. The molecule has 17 heavy (non-hydrogen) atoms. The lowest BCUT2D eigenvalue weighted by Crippen LogP contribution is -2.19. The molecule has 0 atom stereocenters. The van der Waals surface area contributed by atoms with E-state index in [2.05, 4.69) is 15.5 Å². The first-order valence-corrected chi connectivity index (χ1v) is 5.54. The fourth-order valence-electron chi connectivity index (χ4n) is 1.59. The minimum atomic E-state index is -0.145. The van der Waals surface area contributed by atoms with Crippen LogP contribution in [0.2, 0.25) is 0 Å². The molecule has 0 fully saturated rings. The second-order valence-electron chi connectivity index (χ2n) is 3.88. The normalized spacial score (nSPS) is 10.7. The number of rotatable bonds is 5. The van der Waals surface area contributed by atoms with Crippen molar-refractivity contribution in [3.63, 3.8) is 0 Å². The lowest BCUT2D eigenvalue weighted by molar-refractivity contribution is 0.590. The largest absolute Gasteiger partial charge is 0.320 e. The van der Waals surface area contributed by atoms with Crippen LogP contribution in [0.4, 0.5) is 4.39 Å². The minimum absolute atomic E-state index is 0.145. The molecule has 2 aromatic rings. The summed E-state index contributed by atoms with van der Waals surface area (Å²) in [6.45, 7) is 1.36. The zero-order valence-corrected chi connectivity index (χ0v) is 9.73. The third-order valence-electron chi connectivity index (χ3n) is 2.62.